The molecule has 0 bridgehead atoms. The second kappa shape index (κ2) is 7.21. The van der Waals surface area contributed by atoms with Crippen LogP contribution < -0.4 is 10.1 Å². The Balaban J connectivity index is 2.95. The Morgan fingerprint density at radius 1 is 1.19 bits per heavy atom. The molecule has 1 N–H and O–H groups in total. The molecule has 2 nitrogen and oxygen atoms in total. The summed E-state index contributed by atoms with van der Waals surface area (Å²) >= 11 is 0. The van der Waals surface area contributed by atoms with Crippen LogP contribution in [-0.2, 0) is 0 Å². The standard InChI is InChI=1S/C17H27F2NO/c1-11(10-17(2,3)4)7-15(20-5)16-13(18)8-12(21-6)9-14(16)19/h8-9,11,15,20H,7,10H2,1-6H3. The minimum atomic E-state index is -0.561. The predicted molar refractivity (Wildman–Crippen MR) is 82.6 cm³/mol. The number of methoxy groups -OCH3 is 1. The Morgan fingerprint density at radius 2 is 1.71 bits per heavy atom. The Kier molecular flexibility index (Phi) is 6.14. The van der Waals surface area contributed by atoms with Crippen LogP contribution in [0.4, 0.5) is 8.78 Å². The molecule has 1 aromatic carbocycles. The van der Waals surface area contributed by atoms with E-state index in [4.69, 9.17) is 4.74 Å². The second-order valence-corrected chi connectivity index (χ2v) is 6.95. The van der Waals surface area contributed by atoms with Crippen LogP contribution in [-0.4, -0.2) is 14.2 Å². The lowest BCUT2D eigenvalue weighted by Crippen LogP contribution is -2.23. The maximum atomic E-state index is 14.2. The smallest absolute Gasteiger partial charge is 0.134 e. The highest BCUT2D eigenvalue weighted by Crippen LogP contribution is 2.33. The highest BCUT2D eigenvalue weighted by Gasteiger charge is 2.24. The molecule has 4 heteroatoms. The minimum absolute atomic E-state index is 0.0964. The lowest BCUT2D eigenvalue weighted by Gasteiger charge is -2.27. The molecule has 2 unspecified atom stereocenters. The highest BCUT2D eigenvalue weighted by molar-refractivity contribution is 5.32. The van der Waals surface area contributed by atoms with Crippen molar-refractivity contribution in [2.24, 2.45) is 11.3 Å². The predicted octanol–water partition coefficient (Wildman–Crippen LogP) is 4.70. The molecule has 0 saturated heterocycles. The molecule has 1 rings (SSSR count). The van der Waals surface area contributed by atoms with Gasteiger partial charge in [0.2, 0.25) is 0 Å². The van der Waals surface area contributed by atoms with Crippen LogP contribution in [0.5, 0.6) is 5.75 Å². The molecule has 0 aliphatic carbocycles. The molecular formula is C17H27F2NO. The normalized spacial score (nSPS) is 14.9. The average molecular weight is 299 g/mol. The third-order valence-corrected chi connectivity index (χ3v) is 3.58. The van der Waals surface area contributed by atoms with Crippen molar-refractivity contribution in [3.05, 3.63) is 29.3 Å². The van der Waals surface area contributed by atoms with Crippen molar-refractivity contribution < 1.29 is 13.5 Å². The van der Waals surface area contributed by atoms with Gasteiger partial charge in [-0.2, -0.15) is 0 Å². The molecule has 120 valence electrons. The minimum Gasteiger partial charge on any atom is -0.497 e. The topological polar surface area (TPSA) is 21.3 Å². The summed E-state index contributed by atoms with van der Waals surface area (Å²) in [6.45, 7) is 8.64. The first kappa shape index (κ1) is 17.9. The van der Waals surface area contributed by atoms with Crippen LogP contribution in [0.15, 0.2) is 12.1 Å². The van der Waals surface area contributed by atoms with Crippen molar-refractivity contribution in [2.45, 2.75) is 46.6 Å². The van der Waals surface area contributed by atoms with Gasteiger partial charge in [0, 0.05) is 23.7 Å². The molecule has 0 spiro atoms. The summed E-state index contributed by atoms with van der Waals surface area (Å²) in [5.74, 6) is -0.557. The first-order valence-corrected chi connectivity index (χ1v) is 7.38. The van der Waals surface area contributed by atoms with Crippen molar-refractivity contribution in [1.82, 2.24) is 5.32 Å². The summed E-state index contributed by atoms with van der Waals surface area (Å²) in [6.07, 6.45) is 1.69. The van der Waals surface area contributed by atoms with Crippen molar-refractivity contribution in [2.75, 3.05) is 14.2 Å². The summed E-state index contributed by atoms with van der Waals surface area (Å²) in [5.41, 5.74) is 0.299. The molecule has 0 aromatic heterocycles. The summed E-state index contributed by atoms with van der Waals surface area (Å²) < 4.78 is 33.2. The number of halogens is 2. The zero-order chi connectivity index (χ0) is 16.2. The molecule has 1 aromatic rings. The molecule has 0 saturated carbocycles. The van der Waals surface area contributed by atoms with E-state index in [1.807, 2.05) is 0 Å². The van der Waals surface area contributed by atoms with Crippen LogP contribution in [0.25, 0.3) is 0 Å². The van der Waals surface area contributed by atoms with E-state index in [1.165, 1.54) is 19.2 Å². The molecule has 2 atom stereocenters. The van der Waals surface area contributed by atoms with E-state index in [0.717, 1.165) is 6.42 Å². The van der Waals surface area contributed by atoms with Crippen LogP contribution in [0.3, 0.4) is 0 Å². The zero-order valence-corrected chi connectivity index (χ0v) is 13.9. The van der Waals surface area contributed by atoms with Gasteiger partial charge in [-0.1, -0.05) is 27.7 Å². The molecule has 0 aliphatic rings. The summed E-state index contributed by atoms with van der Waals surface area (Å²) in [4.78, 5) is 0. The van der Waals surface area contributed by atoms with Gasteiger partial charge in [0.1, 0.15) is 17.4 Å². The maximum absolute atomic E-state index is 14.2. The first-order valence-electron chi connectivity index (χ1n) is 7.38. The largest absolute Gasteiger partial charge is 0.497 e. The fraction of sp³-hybridized carbons (Fsp3) is 0.647. The zero-order valence-electron chi connectivity index (χ0n) is 13.9. The highest BCUT2D eigenvalue weighted by atomic mass is 19.1. The summed E-state index contributed by atoms with van der Waals surface area (Å²) in [5, 5.41) is 3.03. The van der Waals surface area contributed by atoms with E-state index >= 15 is 0 Å². The Hall–Kier alpha value is -1.16. The quantitative estimate of drug-likeness (QED) is 0.822. The van der Waals surface area contributed by atoms with Gasteiger partial charge in [0.25, 0.3) is 0 Å². The van der Waals surface area contributed by atoms with Crippen LogP contribution in [0.1, 0.15) is 52.1 Å². The lowest BCUT2D eigenvalue weighted by molar-refractivity contribution is 0.275. The monoisotopic (exact) mass is 299 g/mol. The van der Waals surface area contributed by atoms with Gasteiger partial charge in [-0.05, 0) is 31.2 Å². The fourth-order valence-corrected chi connectivity index (χ4v) is 2.92. The third kappa shape index (κ3) is 5.27. The number of hydrogen-bond acceptors (Lipinski definition) is 2. The van der Waals surface area contributed by atoms with Gasteiger partial charge in [-0.3, -0.25) is 0 Å². The van der Waals surface area contributed by atoms with Crippen molar-refractivity contribution in [3.63, 3.8) is 0 Å². The van der Waals surface area contributed by atoms with E-state index in [1.54, 1.807) is 7.05 Å². The number of hydrogen-bond donors (Lipinski definition) is 1. The molecule has 21 heavy (non-hydrogen) atoms. The molecule has 0 amide bonds. The number of benzene rings is 1. The molecule has 0 radical (unpaired) electrons. The van der Waals surface area contributed by atoms with Gasteiger partial charge >= 0.3 is 0 Å². The van der Waals surface area contributed by atoms with Crippen LogP contribution in [0.2, 0.25) is 0 Å². The molecule has 0 fully saturated rings. The van der Waals surface area contributed by atoms with Crippen molar-refractivity contribution in [3.8, 4) is 5.75 Å². The fourth-order valence-electron chi connectivity index (χ4n) is 2.92. The van der Waals surface area contributed by atoms with E-state index in [0.29, 0.717) is 12.3 Å². The SMILES string of the molecule is CNC(CC(C)CC(C)(C)C)c1c(F)cc(OC)cc1F. The van der Waals surface area contributed by atoms with Gasteiger partial charge in [0.05, 0.1) is 7.11 Å². The maximum Gasteiger partial charge on any atom is 0.134 e. The first-order chi connectivity index (χ1) is 9.67. The second-order valence-electron chi connectivity index (χ2n) is 6.95. The van der Waals surface area contributed by atoms with Crippen molar-refractivity contribution >= 4 is 0 Å². The third-order valence-electron chi connectivity index (χ3n) is 3.58. The van der Waals surface area contributed by atoms with Crippen LogP contribution in [0, 0.1) is 23.0 Å². The Labute approximate surface area is 126 Å². The van der Waals surface area contributed by atoms with Crippen molar-refractivity contribution in [1.29, 1.82) is 0 Å². The van der Waals surface area contributed by atoms with E-state index in [2.05, 4.69) is 33.0 Å². The van der Waals surface area contributed by atoms with E-state index in [9.17, 15) is 8.78 Å². The van der Waals surface area contributed by atoms with E-state index < -0.39 is 11.6 Å². The van der Waals surface area contributed by atoms with Gasteiger partial charge < -0.3 is 10.1 Å². The number of ether oxygens (including phenoxy) is 1. The van der Waals surface area contributed by atoms with Gasteiger partial charge in [-0.25, -0.2) is 8.78 Å². The Morgan fingerprint density at radius 3 is 2.10 bits per heavy atom. The van der Waals surface area contributed by atoms with Crippen LogP contribution >= 0.6 is 0 Å². The summed E-state index contributed by atoms with van der Waals surface area (Å²) in [6, 6.07) is 2.13. The molecular weight excluding hydrogens is 272 g/mol. The summed E-state index contributed by atoms with van der Waals surface area (Å²) in [7, 11) is 3.13. The lowest BCUT2D eigenvalue weighted by atomic mass is 9.82. The average Bonchev–Trinajstić information content (AvgIpc) is 2.34. The molecule has 0 aliphatic heterocycles. The van der Waals surface area contributed by atoms with Gasteiger partial charge in [0.15, 0.2) is 0 Å². The number of nitrogens with one attached hydrogen (secondary N) is 1. The van der Waals surface area contributed by atoms with Gasteiger partial charge in [-0.15, -0.1) is 0 Å². The van der Waals surface area contributed by atoms with E-state index in [-0.39, 0.29) is 22.8 Å². The Bertz CT molecular complexity index is 445. The molecule has 0 heterocycles. The number of rotatable bonds is 6.